The molecule has 3 heteroatoms. The van der Waals surface area contributed by atoms with Crippen molar-refractivity contribution in [1.82, 2.24) is 4.90 Å². The van der Waals surface area contributed by atoms with Gasteiger partial charge in [0.05, 0.1) is 12.1 Å². The summed E-state index contributed by atoms with van der Waals surface area (Å²) in [6.45, 7) is 0. The molecule has 1 heterocycles. The quantitative estimate of drug-likeness (QED) is 0.665. The first-order chi connectivity index (χ1) is 13.2. The van der Waals surface area contributed by atoms with Crippen molar-refractivity contribution in [1.29, 1.82) is 0 Å². The highest BCUT2D eigenvalue weighted by Gasteiger charge is 2.39. The van der Waals surface area contributed by atoms with Crippen molar-refractivity contribution in [2.24, 2.45) is 0 Å². The predicted octanol–water partition coefficient (Wildman–Crippen LogP) is 4.97. The maximum Gasteiger partial charge on any atom is 0.254 e. The number of hydrogen-bond acceptors (Lipinski definition) is 2. The molecule has 0 radical (unpaired) electrons. The van der Waals surface area contributed by atoms with Crippen molar-refractivity contribution in [2.45, 2.75) is 24.9 Å². The first-order valence-corrected chi connectivity index (χ1v) is 9.23. The van der Waals surface area contributed by atoms with Crippen LogP contribution in [0.25, 0.3) is 0 Å². The monoisotopic (exact) mass is 355 g/mol. The Hall–Kier alpha value is -3.20. The van der Waals surface area contributed by atoms with Crippen molar-refractivity contribution in [2.75, 3.05) is 0 Å². The molecule has 1 aliphatic heterocycles. The van der Waals surface area contributed by atoms with E-state index in [1.807, 2.05) is 95.9 Å². The SMILES string of the molecule is O=C1C[C@H](c2ccccc2)N(C(=O)c2ccccc2)[C@H](c2ccccc2)C1. The third-order valence-corrected chi connectivity index (χ3v) is 5.14. The molecule has 0 unspecified atom stereocenters. The molecule has 0 spiro atoms. The molecule has 0 aromatic heterocycles. The lowest BCUT2D eigenvalue weighted by Crippen LogP contribution is -2.43. The second-order valence-corrected chi connectivity index (χ2v) is 6.88. The summed E-state index contributed by atoms with van der Waals surface area (Å²) in [5.41, 5.74) is 2.64. The van der Waals surface area contributed by atoms with Crippen molar-refractivity contribution in [3.05, 3.63) is 108 Å². The van der Waals surface area contributed by atoms with Crippen LogP contribution in [0.2, 0.25) is 0 Å². The number of rotatable bonds is 3. The van der Waals surface area contributed by atoms with Gasteiger partial charge < -0.3 is 4.90 Å². The zero-order chi connectivity index (χ0) is 18.6. The van der Waals surface area contributed by atoms with Gasteiger partial charge in [0.2, 0.25) is 0 Å². The minimum absolute atomic E-state index is 0.0363. The first kappa shape index (κ1) is 17.2. The second-order valence-electron chi connectivity index (χ2n) is 6.88. The molecule has 27 heavy (non-hydrogen) atoms. The summed E-state index contributed by atoms with van der Waals surface area (Å²) < 4.78 is 0. The lowest BCUT2D eigenvalue weighted by Gasteiger charge is -2.42. The van der Waals surface area contributed by atoms with Crippen molar-refractivity contribution in [3.8, 4) is 0 Å². The summed E-state index contributed by atoms with van der Waals surface area (Å²) >= 11 is 0. The minimum atomic E-state index is -0.259. The first-order valence-electron chi connectivity index (χ1n) is 9.23. The Morgan fingerprint density at radius 3 is 1.52 bits per heavy atom. The number of amides is 1. The van der Waals surface area contributed by atoms with Gasteiger partial charge >= 0.3 is 0 Å². The molecule has 1 aliphatic rings. The molecule has 1 saturated heterocycles. The molecule has 3 aromatic carbocycles. The molecule has 0 N–H and O–H groups in total. The Balaban J connectivity index is 1.81. The fourth-order valence-electron chi connectivity index (χ4n) is 3.85. The maximum absolute atomic E-state index is 13.5. The Morgan fingerprint density at radius 2 is 1.07 bits per heavy atom. The van der Waals surface area contributed by atoms with Crippen molar-refractivity contribution < 1.29 is 9.59 Å². The third kappa shape index (κ3) is 3.54. The number of Topliss-reactive ketones (excluding diaryl/α,β-unsaturated/α-hetero) is 1. The number of benzene rings is 3. The van der Waals surface area contributed by atoms with Gasteiger partial charge in [0.15, 0.2) is 0 Å². The van der Waals surface area contributed by atoms with E-state index in [0.717, 1.165) is 11.1 Å². The molecule has 3 nitrogen and oxygen atoms in total. The number of likely N-dealkylation sites (tertiary alicyclic amines) is 1. The van der Waals surface area contributed by atoms with E-state index < -0.39 is 0 Å². The minimum Gasteiger partial charge on any atom is -0.324 e. The summed E-state index contributed by atoms with van der Waals surface area (Å²) in [5, 5.41) is 0. The topological polar surface area (TPSA) is 37.4 Å². The standard InChI is InChI=1S/C24H21NO2/c26-21-16-22(18-10-4-1-5-11-18)25(24(27)20-14-8-3-9-15-20)23(17-21)19-12-6-2-7-13-19/h1-15,22-23H,16-17H2/t22-,23+. The highest BCUT2D eigenvalue weighted by molar-refractivity contribution is 5.96. The fraction of sp³-hybridized carbons (Fsp3) is 0.167. The van der Waals surface area contributed by atoms with Crippen LogP contribution in [0, 0.1) is 0 Å². The molecule has 3 aromatic rings. The summed E-state index contributed by atoms with van der Waals surface area (Å²) in [4.78, 5) is 28.0. The van der Waals surface area contributed by atoms with Gasteiger partial charge in [-0.1, -0.05) is 78.9 Å². The van der Waals surface area contributed by atoms with E-state index in [1.165, 1.54) is 0 Å². The molecule has 1 fully saturated rings. The summed E-state index contributed by atoms with van der Waals surface area (Å²) in [7, 11) is 0. The van der Waals surface area contributed by atoms with Gasteiger partial charge in [-0.3, -0.25) is 9.59 Å². The second kappa shape index (κ2) is 7.58. The number of carbonyl (C=O) groups excluding carboxylic acids is 2. The van der Waals surface area contributed by atoms with E-state index in [9.17, 15) is 9.59 Å². The number of carbonyl (C=O) groups is 2. The number of hydrogen-bond donors (Lipinski definition) is 0. The average Bonchev–Trinajstić information content (AvgIpc) is 2.74. The van der Waals surface area contributed by atoms with Crippen molar-refractivity contribution >= 4 is 11.7 Å². The smallest absolute Gasteiger partial charge is 0.254 e. The Kier molecular flexibility index (Phi) is 4.84. The van der Waals surface area contributed by atoms with Gasteiger partial charge in [0.1, 0.15) is 5.78 Å². The molecule has 0 aliphatic carbocycles. The van der Waals surface area contributed by atoms with Crippen LogP contribution < -0.4 is 0 Å². The van der Waals surface area contributed by atoms with E-state index in [4.69, 9.17) is 0 Å². The molecule has 0 bridgehead atoms. The van der Waals surface area contributed by atoms with Gasteiger partial charge in [0, 0.05) is 18.4 Å². The van der Waals surface area contributed by atoms with E-state index >= 15 is 0 Å². The average molecular weight is 355 g/mol. The van der Waals surface area contributed by atoms with E-state index in [-0.39, 0.29) is 23.8 Å². The van der Waals surface area contributed by atoms with E-state index in [0.29, 0.717) is 18.4 Å². The molecule has 2 atom stereocenters. The summed E-state index contributed by atoms with van der Waals surface area (Å²) in [6.07, 6.45) is 0.706. The highest BCUT2D eigenvalue weighted by atomic mass is 16.2. The van der Waals surface area contributed by atoms with Crippen LogP contribution in [-0.4, -0.2) is 16.6 Å². The molecule has 1 amide bonds. The maximum atomic E-state index is 13.5. The lowest BCUT2D eigenvalue weighted by atomic mass is 9.86. The molecular weight excluding hydrogens is 334 g/mol. The highest BCUT2D eigenvalue weighted by Crippen LogP contribution is 2.41. The van der Waals surface area contributed by atoms with Crippen molar-refractivity contribution in [3.63, 3.8) is 0 Å². The van der Waals surface area contributed by atoms with Crippen LogP contribution in [-0.2, 0) is 4.79 Å². The Bertz CT molecular complexity index is 871. The summed E-state index contributed by atoms with van der Waals surface area (Å²) in [5.74, 6) is 0.153. The molecular formula is C24H21NO2. The van der Waals surface area contributed by atoms with Crippen LogP contribution in [0.5, 0.6) is 0 Å². The van der Waals surface area contributed by atoms with Gasteiger partial charge in [-0.15, -0.1) is 0 Å². The molecule has 0 saturated carbocycles. The van der Waals surface area contributed by atoms with Gasteiger partial charge in [-0.25, -0.2) is 0 Å². The summed E-state index contributed by atoms with van der Waals surface area (Å²) in [6, 6.07) is 28.5. The molecule has 4 rings (SSSR count). The van der Waals surface area contributed by atoms with E-state index in [1.54, 1.807) is 0 Å². The van der Waals surface area contributed by atoms with Gasteiger partial charge in [-0.2, -0.15) is 0 Å². The fourth-order valence-corrected chi connectivity index (χ4v) is 3.85. The molecule has 134 valence electrons. The third-order valence-electron chi connectivity index (χ3n) is 5.14. The van der Waals surface area contributed by atoms with Gasteiger partial charge in [-0.05, 0) is 23.3 Å². The Morgan fingerprint density at radius 1 is 0.667 bits per heavy atom. The predicted molar refractivity (Wildman–Crippen MR) is 105 cm³/mol. The van der Waals surface area contributed by atoms with Crippen LogP contribution in [0.4, 0.5) is 0 Å². The normalized spacial score (nSPS) is 19.7. The van der Waals surface area contributed by atoms with Crippen LogP contribution >= 0.6 is 0 Å². The van der Waals surface area contributed by atoms with Crippen LogP contribution in [0.15, 0.2) is 91.0 Å². The zero-order valence-corrected chi connectivity index (χ0v) is 15.0. The Labute approximate surface area is 159 Å². The van der Waals surface area contributed by atoms with E-state index in [2.05, 4.69) is 0 Å². The number of ketones is 1. The largest absolute Gasteiger partial charge is 0.324 e. The van der Waals surface area contributed by atoms with Crippen LogP contribution in [0.1, 0.15) is 46.4 Å². The number of nitrogens with zero attached hydrogens (tertiary/aromatic N) is 1. The van der Waals surface area contributed by atoms with Crippen LogP contribution in [0.3, 0.4) is 0 Å². The number of piperidine rings is 1. The zero-order valence-electron chi connectivity index (χ0n) is 15.0. The van der Waals surface area contributed by atoms with Gasteiger partial charge in [0.25, 0.3) is 5.91 Å². The lowest BCUT2D eigenvalue weighted by molar-refractivity contribution is -0.124.